The van der Waals surface area contributed by atoms with Gasteiger partial charge in [0.05, 0.1) is 0 Å². The van der Waals surface area contributed by atoms with Crippen molar-refractivity contribution in [1.29, 1.82) is 0 Å². The second-order valence-electron chi connectivity index (χ2n) is 1.18. The molecular weight excluding hydrogens is 198 g/mol. The molecule has 0 N–H and O–H groups in total. The molecule has 1 unspecified atom stereocenters. The molecule has 0 bridgehead atoms. The van der Waals surface area contributed by atoms with Crippen molar-refractivity contribution in [2.75, 3.05) is 0 Å². The molecule has 6 heavy (non-hydrogen) atoms. The van der Waals surface area contributed by atoms with Crippen LogP contribution in [0.5, 0.6) is 0 Å². The zero-order chi connectivity index (χ0) is 4.41. The summed E-state index contributed by atoms with van der Waals surface area (Å²) in [6.07, 6.45) is 2.17. The van der Waals surface area contributed by atoms with Crippen LogP contribution in [-0.2, 0) is 0 Å². The van der Waals surface area contributed by atoms with Gasteiger partial charge in [0, 0.05) is 0 Å². The summed E-state index contributed by atoms with van der Waals surface area (Å²) in [5, 5.41) is 0. The van der Waals surface area contributed by atoms with Crippen LogP contribution in [0.1, 0.15) is 6.92 Å². The first-order chi connectivity index (χ1) is 2.89. The van der Waals surface area contributed by atoms with Crippen molar-refractivity contribution in [3.63, 3.8) is 0 Å². The molecule has 1 heterocycles. The van der Waals surface area contributed by atoms with Gasteiger partial charge in [0.15, 0.2) is 0 Å². The summed E-state index contributed by atoms with van der Waals surface area (Å²) in [6, 6.07) is 0. The van der Waals surface area contributed by atoms with E-state index in [1.54, 1.807) is 4.36 Å². The van der Waals surface area contributed by atoms with E-state index in [0.29, 0.717) is 26.9 Å². The molecule has 0 aromatic carbocycles. The monoisotopic (exact) mass is 203 g/mol. The van der Waals surface area contributed by atoms with Crippen molar-refractivity contribution in [2.24, 2.45) is 0 Å². The third-order valence-electron chi connectivity index (χ3n) is 0.578. The molecule has 0 spiro atoms. The van der Waals surface area contributed by atoms with Crippen LogP contribution in [0.4, 0.5) is 0 Å². The number of allylic oxidation sites excluding steroid dienone is 2. The van der Waals surface area contributed by atoms with Crippen LogP contribution in [0, 0.1) is 0 Å². The minimum absolute atomic E-state index is 0.413. The van der Waals surface area contributed by atoms with Crippen LogP contribution in [0.2, 0.25) is 0 Å². The fraction of sp³-hybridized carbons (Fsp3) is 0.250. The van der Waals surface area contributed by atoms with Crippen molar-refractivity contribution in [3.05, 3.63) is 10.4 Å². The summed E-state index contributed by atoms with van der Waals surface area (Å²) >= 11 is 1.01. The van der Waals surface area contributed by atoms with Gasteiger partial charge in [-0.15, -0.1) is 0 Å². The molecule has 2 heteroatoms. The standard InChI is InChI=1S/C4H5As2/c1-4-2-3-5-6-4/h2,6H,1H3. The van der Waals surface area contributed by atoms with E-state index in [2.05, 4.69) is 17.8 Å². The maximum atomic E-state index is 3.26. The number of hydrogen-bond donors (Lipinski definition) is 0. The zero-order valence-corrected chi connectivity index (χ0v) is 7.50. The van der Waals surface area contributed by atoms with Gasteiger partial charge in [-0.2, -0.15) is 0 Å². The molecule has 0 fully saturated rings. The summed E-state index contributed by atoms with van der Waals surface area (Å²) in [7, 11) is 0. The fourth-order valence-corrected chi connectivity index (χ4v) is 6.20. The van der Waals surface area contributed by atoms with Crippen LogP contribution in [0.25, 0.3) is 0 Å². The minimum atomic E-state index is 0.413. The Balaban J connectivity index is 2.61. The van der Waals surface area contributed by atoms with E-state index in [-0.39, 0.29) is 0 Å². The second-order valence-corrected chi connectivity index (χ2v) is 9.19. The fourth-order valence-electron chi connectivity index (χ4n) is 0.282. The first kappa shape index (κ1) is 4.88. The first-order valence-electron chi connectivity index (χ1n) is 1.77. The second kappa shape index (κ2) is 2.14. The van der Waals surface area contributed by atoms with E-state index >= 15 is 0 Å². The van der Waals surface area contributed by atoms with E-state index in [9.17, 15) is 0 Å². The van der Waals surface area contributed by atoms with Gasteiger partial charge in [0.1, 0.15) is 0 Å². The molecular formula is C4H5As2. The molecule has 0 aromatic rings. The van der Waals surface area contributed by atoms with Gasteiger partial charge in [0.25, 0.3) is 0 Å². The van der Waals surface area contributed by atoms with Gasteiger partial charge in [-0.3, -0.25) is 0 Å². The van der Waals surface area contributed by atoms with Crippen LogP contribution < -0.4 is 0 Å². The quantitative estimate of drug-likeness (QED) is 0.471. The van der Waals surface area contributed by atoms with E-state index in [1.165, 1.54) is 0 Å². The summed E-state index contributed by atoms with van der Waals surface area (Å²) in [6.45, 7) is 2.22. The van der Waals surface area contributed by atoms with E-state index in [4.69, 9.17) is 0 Å². The Morgan fingerprint density at radius 1 is 2.00 bits per heavy atom. The Kier molecular flexibility index (Phi) is 1.74. The molecule has 1 rings (SSSR count). The van der Waals surface area contributed by atoms with Crippen LogP contribution >= 0.6 is 0 Å². The predicted octanol–water partition coefficient (Wildman–Crippen LogP) is -0.361. The summed E-state index contributed by atoms with van der Waals surface area (Å²) in [4.78, 5) is 3.26. The zero-order valence-electron chi connectivity index (χ0n) is 3.52. The third kappa shape index (κ3) is 1.10. The molecule has 0 saturated heterocycles. The molecule has 1 aliphatic heterocycles. The van der Waals surface area contributed by atoms with Crippen molar-refractivity contribution in [1.82, 2.24) is 0 Å². The average Bonchev–Trinajstić information content (AvgIpc) is 1.86. The molecule has 1 aliphatic rings. The van der Waals surface area contributed by atoms with Gasteiger partial charge in [-0.1, -0.05) is 0 Å². The van der Waals surface area contributed by atoms with Crippen LogP contribution in [-0.4, -0.2) is 31.7 Å². The molecule has 0 aromatic heterocycles. The molecule has 31 valence electrons. The van der Waals surface area contributed by atoms with Gasteiger partial charge >= 0.3 is 49.1 Å². The van der Waals surface area contributed by atoms with Crippen molar-refractivity contribution >= 4 is 31.7 Å². The number of rotatable bonds is 0. The SMILES string of the molecule is CC1=C[C]=[As][AsH]1. The van der Waals surface area contributed by atoms with Crippen molar-refractivity contribution in [2.45, 2.75) is 6.92 Å². The molecule has 0 aliphatic carbocycles. The van der Waals surface area contributed by atoms with E-state index < -0.39 is 0 Å². The Morgan fingerprint density at radius 2 is 2.83 bits per heavy atom. The Labute approximate surface area is 49.2 Å². The topological polar surface area (TPSA) is 0 Å². The average molecular weight is 203 g/mol. The van der Waals surface area contributed by atoms with Crippen molar-refractivity contribution < 1.29 is 0 Å². The maximum absolute atomic E-state index is 3.26. The molecule has 0 nitrogen and oxygen atoms in total. The molecule has 0 saturated carbocycles. The number of hydrogen-bond acceptors (Lipinski definition) is 0. The van der Waals surface area contributed by atoms with E-state index in [1.807, 2.05) is 0 Å². The molecule has 1 atom stereocenters. The predicted molar refractivity (Wildman–Crippen MR) is 31.7 cm³/mol. The summed E-state index contributed by atoms with van der Waals surface area (Å²) < 4.78 is 1.63. The van der Waals surface area contributed by atoms with Crippen LogP contribution in [0.3, 0.4) is 0 Å². The van der Waals surface area contributed by atoms with Gasteiger partial charge in [-0.05, 0) is 0 Å². The summed E-state index contributed by atoms with van der Waals surface area (Å²) in [5.74, 6) is 0. The van der Waals surface area contributed by atoms with Gasteiger partial charge in [0.2, 0.25) is 0 Å². The van der Waals surface area contributed by atoms with Gasteiger partial charge < -0.3 is 0 Å². The molecule has 1 radical (unpaired) electrons. The van der Waals surface area contributed by atoms with Gasteiger partial charge in [-0.25, -0.2) is 0 Å². The van der Waals surface area contributed by atoms with E-state index in [0.717, 1.165) is 0 Å². The van der Waals surface area contributed by atoms with Crippen LogP contribution in [0.15, 0.2) is 10.4 Å². The third-order valence-corrected chi connectivity index (χ3v) is 8.87. The Bertz CT molecular complexity index is 102. The molecule has 0 amide bonds. The summed E-state index contributed by atoms with van der Waals surface area (Å²) in [5.41, 5.74) is 0. The normalized spacial score (nSPS) is 25.2. The Hall–Kier alpha value is 0.727. The Morgan fingerprint density at radius 3 is 3.00 bits per heavy atom. The first-order valence-corrected chi connectivity index (χ1v) is 9.58. The van der Waals surface area contributed by atoms with Crippen molar-refractivity contribution in [3.8, 4) is 0 Å².